The number of rotatable bonds is 3. The van der Waals surface area contributed by atoms with Crippen LogP contribution in [-0.2, 0) is 0 Å². The normalized spacial score (nSPS) is 33.0. The summed E-state index contributed by atoms with van der Waals surface area (Å²) in [5.41, 5.74) is 0. The lowest BCUT2D eigenvalue weighted by atomic mass is 10.2. The fraction of sp³-hybridized carbons (Fsp3) is 1.00. The molecule has 2 heteroatoms. The summed E-state index contributed by atoms with van der Waals surface area (Å²) in [6, 6.07) is 0. The fourth-order valence-corrected chi connectivity index (χ4v) is 2.48. The number of thioether (sulfide) groups is 1. The highest BCUT2D eigenvalue weighted by atomic mass is 32.2. The van der Waals surface area contributed by atoms with Gasteiger partial charge in [0.2, 0.25) is 0 Å². The summed E-state index contributed by atoms with van der Waals surface area (Å²) in [5.74, 6) is 0. The molecule has 2 atom stereocenters. The molecule has 0 aromatic carbocycles. The van der Waals surface area contributed by atoms with Gasteiger partial charge in [0.25, 0.3) is 0 Å². The summed E-state index contributed by atoms with van der Waals surface area (Å²) >= 11 is 2.09. The van der Waals surface area contributed by atoms with Crippen molar-refractivity contribution in [2.24, 2.45) is 0 Å². The van der Waals surface area contributed by atoms with Gasteiger partial charge >= 0.3 is 0 Å². The van der Waals surface area contributed by atoms with E-state index in [1.807, 2.05) is 0 Å². The quantitative estimate of drug-likeness (QED) is 0.677. The van der Waals surface area contributed by atoms with Crippen molar-refractivity contribution >= 4 is 11.8 Å². The van der Waals surface area contributed by atoms with Crippen molar-refractivity contribution in [3.05, 3.63) is 0 Å². The van der Waals surface area contributed by atoms with Crippen molar-refractivity contribution in [1.82, 2.24) is 5.32 Å². The number of hydrogen-bond donors (Lipinski definition) is 1. The lowest BCUT2D eigenvalue weighted by molar-refractivity contribution is 0.610. The molecule has 1 fully saturated rings. The van der Waals surface area contributed by atoms with Gasteiger partial charge in [-0.15, -0.1) is 11.8 Å². The molecule has 1 rings (SSSR count). The average Bonchev–Trinajstić information content (AvgIpc) is 2.31. The maximum Gasteiger partial charge on any atom is 0.0535 e. The van der Waals surface area contributed by atoms with Crippen LogP contribution in [0.4, 0.5) is 0 Å². The predicted octanol–water partition coefficient (Wildman–Crippen LogP) is 2.23. The molecule has 0 amide bonds. The summed E-state index contributed by atoms with van der Waals surface area (Å²) < 4.78 is 0. The Morgan fingerprint density at radius 1 is 1.60 bits per heavy atom. The number of hydrogen-bond acceptors (Lipinski definition) is 2. The van der Waals surface area contributed by atoms with E-state index in [4.69, 9.17) is 0 Å². The van der Waals surface area contributed by atoms with Crippen molar-refractivity contribution in [3.8, 4) is 0 Å². The first-order valence-electron chi connectivity index (χ1n) is 4.21. The van der Waals surface area contributed by atoms with Crippen LogP contribution in [0.2, 0.25) is 0 Å². The molecule has 2 unspecified atom stereocenters. The van der Waals surface area contributed by atoms with Crippen LogP contribution in [-0.4, -0.2) is 17.2 Å². The molecule has 1 aliphatic rings. The second-order valence-corrected chi connectivity index (χ2v) is 4.63. The minimum absolute atomic E-state index is 0.759. The molecule has 1 N–H and O–H groups in total. The Morgan fingerprint density at radius 2 is 2.40 bits per heavy atom. The van der Waals surface area contributed by atoms with Crippen LogP contribution in [0.25, 0.3) is 0 Å². The van der Waals surface area contributed by atoms with Gasteiger partial charge in [0.05, 0.1) is 5.37 Å². The second-order valence-electron chi connectivity index (χ2n) is 2.99. The number of nitrogens with one attached hydrogen (secondary N) is 1. The highest BCUT2D eigenvalue weighted by Crippen LogP contribution is 2.25. The summed E-state index contributed by atoms with van der Waals surface area (Å²) in [5, 5.41) is 5.10. The van der Waals surface area contributed by atoms with Gasteiger partial charge in [-0.05, 0) is 6.42 Å². The van der Waals surface area contributed by atoms with E-state index < -0.39 is 0 Å². The lowest BCUT2D eigenvalue weighted by Crippen LogP contribution is -2.19. The second kappa shape index (κ2) is 4.24. The van der Waals surface area contributed by atoms with Gasteiger partial charge in [0.15, 0.2) is 0 Å². The van der Waals surface area contributed by atoms with Gasteiger partial charge in [0, 0.05) is 11.8 Å². The van der Waals surface area contributed by atoms with Crippen LogP contribution < -0.4 is 5.32 Å². The predicted molar refractivity (Wildman–Crippen MR) is 48.4 cm³/mol. The van der Waals surface area contributed by atoms with Crippen molar-refractivity contribution in [2.45, 2.75) is 43.7 Å². The van der Waals surface area contributed by atoms with E-state index in [1.165, 1.54) is 25.8 Å². The van der Waals surface area contributed by atoms with Gasteiger partial charge in [-0.25, -0.2) is 0 Å². The van der Waals surface area contributed by atoms with Gasteiger partial charge in [-0.3, -0.25) is 0 Å². The van der Waals surface area contributed by atoms with E-state index >= 15 is 0 Å². The number of unbranched alkanes of at least 4 members (excludes halogenated alkanes) is 1. The van der Waals surface area contributed by atoms with E-state index in [9.17, 15) is 0 Å². The van der Waals surface area contributed by atoms with Crippen molar-refractivity contribution < 1.29 is 0 Å². The third-order valence-corrected chi connectivity index (χ3v) is 3.21. The van der Waals surface area contributed by atoms with Crippen molar-refractivity contribution in [2.75, 3.05) is 6.54 Å². The van der Waals surface area contributed by atoms with Gasteiger partial charge in [-0.2, -0.15) is 0 Å². The van der Waals surface area contributed by atoms with Gasteiger partial charge in [0.1, 0.15) is 0 Å². The minimum Gasteiger partial charge on any atom is -0.304 e. The molecule has 1 heterocycles. The summed E-state index contributed by atoms with van der Waals surface area (Å²) in [6.45, 7) is 5.76. The third kappa shape index (κ3) is 2.51. The standard InChI is InChI=1S/C8H17NS/c1-3-4-5-8-9-6-7(2)10-8/h7-9H,3-6H2,1-2H3. The molecule has 0 aromatic heterocycles. The van der Waals surface area contributed by atoms with E-state index in [1.54, 1.807) is 0 Å². The Hall–Kier alpha value is 0.310. The summed E-state index contributed by atoms with van der Waals surface area (Å²) in [7, 11) is 0. The van der Waals surface area contributed by atoms with Crippen LogP contribution in [0.1, 0.15) is 33.1 Å². The highest BCUT2D eigenvalue weighted by Gasteiger charge is 2.19. The molecule has 0 saturated carbocycles. The topological polar surface area (TPSA) is 12.0 Å². The Morgan fingerprint density at radius 3 is 2.90 bits per heavy atom. The monoisotopic (exact) mass is 159 g/mol. The smallest absolute Gasteiger partial charge is 0.0535 e. The van der Waals surface area contributed by atoms with E-state index in [0.29, 0.717) is 0 Å². The first-order chi connectivity index (χ1) is 4.83. The van der Waals surface area contributed by atoms with Crippen LogP contribution >= 0.6 is 11.8 Å². The Kier molecular flexibility index (Phi) is 3.57. The molecule has 1 aliphatic heterocycles. The molecule has 1 saturated heterocycles. The summed E-state index contributed by atoms with van der Waals surface area (Å²) in [6.07, 6.45) is 4.05. The molecule has 0 aromatic rings. The highest BCUT2D eigenvalue weighted by molar-refractivity contribution is 8.00. The van der Waals surface area contributed by atoms with Crippen LogP contribution in [0.15, 0.2) is 0 Å². The van der Waals surface area contributed by atoms with E-state index in [-0.39, 0.29) is 0 Å². The maximum absolute atomic E-state index is 3.50. The van der Waals surface area contributed by atoms with Crippen LogP contribution in [0, 0.1) is 0 Å². The molecule has 0 spiro atoms. The zero-order valence-corrected chi connectivity index (χ0v) is 7.71. The molecular weight excluding hydrogens is 142 g/mol. The molecule has 1 nitrogen and oxygen atoms in total. The first kappa shape index (κ1) is 8.41. The summed E-state index contributed by atoms with van der Waals surface area (Å²) in [4.78, 5) is 0. The molecule has 10 heavy (non-hydrogen) atoms. The molecule has 0 bridgehead atoms. The van der Waals surface area contributed by atoms with E-state index in [0.717, 1.165) is 10.6 Å². The SMILES string of the molecule is CCCCC1NCC(C)S1. The zero-order chi connectivity index (χ0) is 7.40. The molecular formula is C8H17NS. The van der Waals surface area contributed by atoms with Crippen molar-refractivity contribution in [3.63, 3.8) is 0 Å². The first-order valence-corrected chi connectivity index (χ1v) is 5.16. The molecule has 60 valence electrons. The van der Waals surface area contributed by atoms with E-state index in [2.05, 4.69) is 30.9 Å². The largest absolute Gasteiger partial charge is 0.304 e. The Balaban J connectivity index is 2.06. The average molecular weight is 159 g/mol. The van der Waals surface area contributed by atoms with Crippen LogP contribution in [0.3, 0.4) is 0 Å². The Bertz CT molecular complexity index is 95.3. The molecule has 0 radical (unpaired) electrons. The minimum atomic E-state index is 0.759. The molecule has 0 aliphatic carbocycles. The zero-order valence-electron chi connectivity index (χ0n) is 6.89. The third-order valence-electron chi connectivity index (χ3n) is 1.85. The lowest BCUT2D eigenvalue weighted by Gasteiger charge is -2.07. The van der Waals surface area contributed by atoms with Crippen LogP contribution in [0.5, 0.6) is 0 Å². The Labute approximate surface area is 68.0 Å². The van der Waals surface area contributed by atoms with Gasteiger partial charge in [-0.1, -0.05) is 26.7 Å². The fourth-order valence-electron chi connectivity index (χ4n) is 1.23. The van der Waals surface area contributed by atoms with Gasteiger partial charge < -0.3 is 5.32 Å². The van der Waals surface area contributed by atoms with Crippen molar-refractivity contribution in [1.29, 1.82) is 0 Å². The maximum atomic E-state index is 3.50.